The molecule has 110 valence electrons. The molecule has 4 nitrogen and oxygen atoms in total. The molecule has 0 unspecified atom stereocenters. The van der Waals surface area contributed by atoms with E-state index in [0.29, 0.717) is 18.0 Å². The summed E-state index contributed by atoms with van der Waals surface area (Å²) in [6.45, 7) is 4.60. The summed E-state index contributed by atoms with van der Waals surface area (Å²) in [5, 5.41) is 5.72. The molecule has 1 aromatic carbocycles. The molecule has 0 fully saturated rings. The predicted molar refractivity (Wildman–Crippen MR) is 86.7 cm³/mol. The minimum absolute atomic E-state index is 0.201. The molecule has 0 radical (unpaired) electrons. The first-order chi connectivity index (χ1) is 10.2. The Bertz CT molecular complexity index is 635. The normalized spacial score (nSPS) is 10.8. The van der Waals surface area contributed by atoms with Crippen LogP contribution in [-0.4, -0.2) is 17.5 Å². The van der Waals surface area contributed by atoms with Crippen molar-refractivity contribution in [1.82, 2.24) is 4.98 Å². The highest BCUT2D eigenvalue weighted by Crippen LogP contribution is 2.23. The first-order valence-corrected chi connectivity index (χ1v) is 7.70. The third-order valence-corrected chi connectivity index (χ3v) is 3.44. The van der Waals surface area contributed by atoms with Crippen molar-refractivity contribution in [2.45, 2.75) is 20.3 Å². The average molecular weight is 302 g/mol. The van der Waals surface area contributed by atoms with Gasteiger partial charge in [-0.1, -0.05) is 19.1 Å². The van der Waals surface area contributed by atoms with Gasteiger partial charge in [-0.25, -0.2) is 4.98 Å². The lowest BCUT2D eigenvalue weighted by Gasteiger charge is -2.10. The number of nitrogens with one attached hydrogen (secondary N) is 1. The summed E-state index contributed by atoms with van der Waals surface area (Å²) in [7, 11) is 0. The van der Waals surface area contributed by atoms with E-state index in [1.807, 2.05) is 43.5 Å². The number of thiazole rings is 1. The standard InChI is InChI=1S/C16H18N2O2S/c1-3-10-20-15-7-5-4-6-14(15)18-16(19)9-8-13-11-21-12(2)17-13/h4-9,11H,3,10H2,1-2H3,(H,18,19). The summed E-state index contributed by atoms with van der Waals surface area (Å²) < 4.78 is 5.60. The summed E-state index contributed by atoms with van der Waals surface area (Å²) in [6.07, 6.45) is 4.10. The van der Waals surface area contributed by atoms with E-state index >= 15 is 0 Å². The van der Waals surface area contributed by atoms with Crippen LogP contribution in [0.25, 0.3) is 6.08 Å². The van der Waals surface area contributed by atoms with Gasteiger partial charge in [-0.15, -0.1) is 11.3 Å². The monoisotopic (exact) mass is 302 g/mol. The summed E-state index contributed by atoms with van der Waals surface area (Å²) in [6, 6.07) is 7.42. The number of aryl methyl sites for hydroxylation is 1. The van der Waals surface area contributed by atoms with Crippen molar-refractivity contribution in [3.8, 4) is 5.75 Å². The van der Waals surface area contributed by atoms with Crippen LogP contribution in [0.3, 0.4) is 0 Å². The molecule has 1 heterocycles. The highest BCUT2D eigenvalue weighted by atomic mass is 32.1. The lowest BCUT2D eigenvalue weighted by Crippen LogP contribution is -2.09. The van der Waals surface area contributed by atoms with Crippen LogP contribution >= 0.6 is 11.3 Å². The number of amides is 1. The number of hydrogen-bond acceptors (Lipinski definition) is 4. The van der Waals surface area contributed by atoms with Crippen molar-refractivity contribution in [3.63, 3.8) is 0 Å². The zero-order chi connectivity index (χ0) is 15.1. The molecule has 0 aliphatic carbocycles. The number of benzene rings is 1. The second-order valence-corrected chi connectivity index (χ2v) is 5.52. The third-order valence-electron chi connectivity index (χ3n) is 2.65. The Balaban J connectivity index is 2.00. The fraction of sp³-hybridized carbons (Fsp3) is 0.250. The van der Waals surface area contributed by atoms with Crippen LogP contribution in [0.15, 0.2) is 35.7 Å². The van der Waals surface area contributed by atoms with E-state index in [9.17, 15) is 4.79 Å². The van der Waals surface area contributed by atoms with E-state index < -0.39 is 0 Å². The highest BCUT2D eigenvalue weighted by molar-refractivity contribution is 7.09. The Hall–Kier alpha value is -2.14. The van der Waals surface area contributed by atoms with Crippen LogP contribution in [0.4, 0.5) is 5.69 Å². The quantitative estimate of drug-likeness (QED) is 0.824. The predicted octanol–water partition coefficient (Wildman–Crippen LogP) is 3.89. The summed E-state index contributed by atoms with van der Waals surface area (Å²) in [5.41, 5.74) is 1.47. The molecule has 0 aliphatic heterocycles. The van der Waals surface area contributed by atoms with Crippen molar-refractivity contribution in [1.29, 1.82) is 0 Å². The Labute approximate surface area is 128 Å². The van der Waals surface area contributed by atoms with E-state index in [0.717, 1.165) is 17.1 Å². The molecule has 1 N–H and O–H groups in total. The minimum Gasteiger partial charge on any atom is -0.491 e. The first kappa shape index (κ1) is 15.3. The van der Waals surface area contributed by atoms with Crippen LogP contribution < -0.4 is 10.1 Å². The van der Waals surface area contributed by atoms with Gasteiger partial charge in [-0.2, -0.15) is 0 Å². The molecule has 0 atom stereocenters. The summed E-state index contributed by atoms with van der Waals surface area (Å²) >= 11 is 1.56. The zero-order valence-corrected chi connectivity index (χ0v) is 12.9. The SMILES string of the molecule is CCCOc1ccccc1NC(=O)C=Cc1csc(C)n1. The second kappa shape index (κ2) is 7.59. The van der Waals surface area contributed by atoms with Crippen LogP contribution in [0.2, 0.25) is 0 Å². The lowest BCUT2D eigenvalue weighted by atomic mass is 10.3. The van der Waals surface area contributed by atoms with Gasteiger partial charge in [0.05, 0.1) is 23.0 Å². The molecule has 2 aromatic rings. The van der Waals surface area contributed by atoms with Gasteiger partial charge in [-0.3, -0.25) is 4.79 Å². The maximum Gasteiger partial charge on any atom is 0.248 e. The largest absolute Gasteiger partial charge is 0.491 e. The average Bonchev–Trinajstić information content (AvgIpc) is 2.90. The number of carbonyl (C=O) groups excluding carboxylic acids is 1. The summed E-state index contributed by atoms with van der Waals surface area (Å²) in [5.74, 6) is 0.485. The molecule has 0 aliphatic rings. The van der Waals surface area contributed by atoms with Gasteiger partial charge in [0.25, 0.3) is 0 Å². The number of aromatic nitrogens is 1. The highest BCUT2D eigenvalue weighted by Gasteiger charge is 2.05. The molecular weight excluding hydrogens is 284 g/mol. The number of rotatable bonds is 6. The van der Waals surface area contributed by atoms with Crippen molar-refractivity contribution >= 4 is 29.0 Å². The molecule has 21 heavy (non-hydrogen) atoms. The number of ether oxygens (including phenoxy) is 1. The first-order valence-electron chi connectivity index (χ1n) is 6.82. The van der Waals surface area contributed by atoms with E-state index in [1.54, 1.807) is 17.4 Å². The maximum atomic E-state index is 11.9. The van der Waals surface area contributed by atoms with Crippen LogP contribution in [0, 0.1) is 6.92 Å². The maximum absolute atomic E-state index is 11.9. The van der Waals surface area contributed by atoms with Crippen molar-refractivity contribution in [3.05, 3.63) is 46.4 Å². The minimum atomic E-state index is -0.201. The molecule has 5 heteroatoms. The molecule has 0 saturated heterocycles. The molecule has 1 aromatic heterocycles. The molecular formula is C16H18N2O2S. The van der Waals surface area contributed by atoms with Crippen LogP contribution in [-0.2, 0) is 4.79 Å². The Morgan fingerprint density at radius 1 is 1.43 bits per heavy atom. The molecule has 1 amide bonds. The van der Waals surface area contributed by atoms with Gasteiger partial charge in [-0.05, 0) is 31.6 Å². The number of para-hydroxylation sites is 2. The molecule has 0 spiro atoms. The second-order valence-electron chi connectivity index (χ2n) is 4.46. The van der Waals surface area contributed by atoms with Gasteiger partial charge in [0, 0.05) is 11.5 Å². The van der Waals surface area contributed by atoms with Gasteiger partial charge in [0.2, 0.25) is 5.91 Å². The zero-order valence-electron chi connectivity index (χ0n) is 12.1. The van der Waals surface area contributed by atoms with Gasteiger partial charge in [0.1, 0.15) is 5.75 Å². The fourth-order valence-corrected chi connectivity index (χ4v) is 2.28. The topological polar surface area (TPSA) is 51.2 Å². The number of nitrogens with zero attached hydrogens (tertiary/aromatic N) is 1. The smallest absolute Gasteiger partial charge is 0.248 e. The lowest BCUT2D eigenvalue weighted by molar-refractivity contribution is -0.111. The fourth-order valence-electron chi connectivity index (χ4n) is 1.70. The van der Waals surface area contributed by atoms with Gasteiger partial charge in [0.15, 0.2) is 0 Å². The van der Waals surface area contributed by atoms with E-state index in [2.05, 4.69) is 10.3 Å². The van der Waals surface area contributed by atoms with E-state index in [-0.39, 0.29) is 5.91 Å². The van der Waals surface area contributed by atoms with Crippen LogP contribution in [0.5, 0.6) is 5.75 Å². The van der Waals surface area contributed by atoms with Crippen molar-refractivity contribution in [2.24, 2.45) is 0 Å². The Morgan fingerprint density at radius 2 is 2.24 bits per heavy atom. The van der Waals surface area contributed by atoms with Gasteiger partial charge >= 0.3 is 0 Å². The van der Waals surface area contributed by atoms with Gasteiger partial charge < -0.3 is 10.1 Å². The third kappa shape index (κ3) is 4.72. The van der Waals surface area contributed by atoms with E-state index in [1.165, 1.54) is 6.08 Å². The van der Waals surface area contributed by atoms with Crippen LogP contribution in [0.1, 0.15) is 24.0 Å². The molecule has 0 saturated carbocycles. The van der Waals surface area contributed by atoms with E-state index in [4.69, 9.17) is 4.74 Å². The number of hydrogen-bond donors (Lipinski definition) is 1. The molecule has 2 rings (SSSR count). The Kier molecular flexibility index (Phi) is 5.51. The molecule has 0 bridgehead atoms. The number of anilines is 1. The summed E-state index contributed by atoms with van der Waals surface area (Å²) in [4.78, 5) is 16.2. The van der Waals surface area contributed by atoms with Crippen molar-refractivity contribution < 1.29 is 9.53 Å². The Morgan fingerprint density at radius 3 is 2.95 bits per heavy atom. The van der Waals surface area contributed by atoms with Crippen molar-refractivity contribution in [2.75, 3.05) is 11.9 Å². The number of carbonyl (C=O) groups is 1.